The highest BCUT2D eigenvalue weighted by Gasteiger charge is 2.11. The summed E-state index contributed by atoms with van der Waals surface area (Å²) < 4.78 is 6.48. The number of rotatable bonds is 6. The van der Waals surface area contributed by atoms with Crippen LogP contribution in [0.5, 0.6) is 5.75 Å². The Kier molecular flexibility index (Phi) is 6.27. The number of hydrogen-bond donors (Lipinski definition) is 1. The van der Waals surface area contributed by atoms with Gasteiger partial charge in [0.15, 0.2) is 0 Å². The van der Waals surface area contributed by atoms with Crippen LogP contribution in [0.15, 0.2) is 59.4 Å². The van der Waals surface area contributed by atoms with Gasteiger partial charge in [0.25, 0.3) is 5.56 Å². The van der Waals surface area contributed by atoms with Crippen LogP contribution in [0, 0.1) is 11.3 Å². The van der Waals surface area contributed by atoms with Gasteiger partial charge in [-0.1, -0.05) is 11.6 Å². The van der Waals surface area contributed by atoms with Crippen LogP contribution in [-0.4, -0.2) is 22.3 Å². The highest BCUT2D eigenvalue weighted by atomic mass is 35.5. The Morgan fingerprint density at radius 3 is 2.66 bits per heavy atom. The Morgan fingerprint density at radius 1 is 1.21 bits per heavy atom. The number of carbonyl (C=O) groups is 1. The van der Waals surface area contributed by atoms with E-state index in [1.165, 1.54) is 18.2 Å². The Hall–Kier alpha value is -3.63. The molecule has 0 unspecified atom stereocenters. The molecule has 8 heteroatoms. The fourth-order valence-electron chi connectivity index (χ4n) is 2.65. The van der Waals surface area contributed by atoms with Crippen LogP contribution >= 0.6 is 11.6 Å². The second kappa shape index (κ2) is 9.04. The maximum atomic E-state index is 12.4. The second-order valence-electron chi connectivity index (χ2n) is 6.02. The minimum absolute atomic E-state index is 0.270. The summed E-state index contributed by atoms with van der Waals surface area (Å²) in [5.74, 6) is 0.237. The number of nitrogens with one attached hydrogen (secondary N) is 1. The molecule has 3 rings (SSSR count). The summed E-state index contributed by atoms with van der Waals surface area (Å²) in [7, 11) is 0. The number of carbonyl (C=O) groups excluding carboxylic acids is 1. The number of hydrogen-bond acceptors (Lipinski definition) is 5. The summed E-state index contributed by atoms with van der Waals surface area (Å²) >= 11 is 5.92. The molecule has 146 valence electrons. The fourth-order valence-corrected chi connectivity index (χ4v) is 2.82. The number of halogens is 1. The highest BCUT2D eigenvalue weighted by Crippen LogP contribution is 2.21. The number of amides is 1. The molecule has 0 fully saturated rings. The summed E-state index contributed by atoms with van der Waals surface area (Å²) in [6.07, 6.45) is 0. The van der Waals surface area contributed by atoms with Gasteiger partial charge in [0.2, 0.25) is 5.91 Å². The fraction of sp³-hybridized carbons (Fsp3) is 0.143. The maximum absolute atomic E-state index is 12.4. The standard InChI is InChI=1S/C21H17ClN4O3/c1-2-29-17-7-4-14(5-8-17)18-9-10-21(28)26(25-18)13-20(27)24-19-11-16(22)6-3-15(19)12-23/h3-11H,2,13H2,1H3,(H,24,27). The molecule has 0 aliphatic carbocycles. The molecule has 1 heterocycles. The van der Waals surface area contributed by atoms with Crippen molar-refractivity contribution in [3.63, 3.8) is 0 Å². The van der Waals surface area contributed by atoms with E-state index < -0.39 is 11.5 Å². The number of anilines is 1. The molecule has 1 N–H and O–H groups in total. The molecule has 0 saturated heterocycles. The third kappa shape index (κ3) is 5.00. The van der Waals surface area contributed by atoms with Crippen LogP contribution in [0.1, 0.15) is 12.5 Å². The van der Waals surface area contributed by atoms with Gasteiger partial charge in [-0.15, -0.1) is 0 Å². The predicted molar refractivity (Wildman–Crippen MR) is 110 cm³/mol. The third-order valence-electron chi connectivity index (χ3n) is 4.00. The molecule has 29 heavy (non-hydrogen) atoms. The topological polar surface area (TPSA) is 97.0 Å². The Morgan fingerprint density at radius 2 is 1.97 bits per heavy atom. The van der Waals surface area contributed by atoms with Crippen molar-refractivity contribution >= 4 is 23.2 Å². The van der Waals surface area contributed by atoms with Gasteiger partial charge in [0.05, 0.1) is 23.6 Å². The molecule has 0 saturated carbocycles. The van der Waals surface area contributed by atoms with E-state index in [0.29, 0.717) is 17.3 Å². The molecule has 1 aromatic heterocycles. The van der Waals surface area contributed by atoms with E-state index in [1.54, 1.807) is 12.1 Å². The van der Waals surface area contributed by atoms with Crippen molar-refractivity contribution in [2.24, 2.45) is 0 Å². The van der Waals surface area contributed by atoms with Crippen LogP contribution in [-0.2, 0) is 11.3 Å². The lowest BCUT2D eigenvalue weighted by Gasteiger charge is -2.10. The first kappa shape index (κ1) is 20.1. The molecule has 0 radical (unpaired) electrons. The normalized spacial score (nSPS) is 10.2. The quantitative estimate of drug-likeness (QED) is 0.673. The number of benzene rings is 2. The highest BCUT2D eigenvalue weighted by molar-refractivity contribution is 6.31. The van der Waals surface area contributed by atoms with E-state index >= 15 is 0 Å². The lowest BCUT2D eigenvalue weighted by Crippen LogP contribution is -2.29. The number of nitrogens with zero attached hydrogens (tertiary/aromatic N) is 3. The SMILES string of the molecule is CCOc1ccc(-c2ccc(=O)n(CC(=O)Nc3cc(Cl)ccc3C#N)n2)cc1. The smallest absolute Gasteiger partial charge is 0.267 e. The lowest BCUT2D eigenvalue weighted by molar-refractivity contribution is -0.117. The average Bonchev–Trinajstić information content (AvgIpc) is 2.71. The molecule has 2 aromatic carbocycles. The Balaban J connectivity index is 1.80. The second-order valence-corrected chi connectivity index (χ2v) is 6.46. The van der Waals surface area contributed by atoms with Crippen molar-refractivity contribution < 1.29 is 9.53 Å². The molecule has 0 spiro atoms. The zero-order chi connectivity index (χ0) is 20.8. The van der Waals surface area contributed by atoms with Gasteiger partial charge in [-0.25, -0.2) is 4.68 Å². The zero-order valence-corrected chi connectivity index (χ0v) is 16.3. The summed E-state index contributed by atoms with van der Waals surface area (Å²) in [6.45, 7) is 2.16. The van der Waals surface area contributed by atoms with Crippen LogP contribution in [0.2, 0.25) is 5.02 Å². The van der Waals surface area contributed by atoms with Crippen LogP contribution in [0.4, 0.5) is 5.69 Å². The van der Waals surface area contributed by atoms with Gasteiger partial charge < -0.3 is 10.1 Å². The minimum Gasteiger partial charge on any atom is -0.494 e. The maximum Gasteiger partial charge on any atom is 0.267 e. The predicted octanol–water partition coefficient (Wildman–Crippen LogP) is 3.47. The Labute approximate surface area is 172 Å². The van der Waals surface area contributed by atoms with Crippen molar-refractivity contribution in [3.8, 4) is 23.1 Å². The number of ether oxygens (including phenoxy) is 1. The largest absolute Gasteiger partial charge is 0.494 e. The molecule has 0 bridgehead atoms. The van der Waals surface area contributed by atoms with Crippen molar-refractivity contribution in [1.82, 2.24) is 9.78 Å². The molecule has 0 atom stereocenters. The van der Waals surface area contributed by atoms with Crippen molar-refractivity contribution in [2.45, 2.75) is 13.5 Å². The summed E-state index contributed by atoms with van der Waals surface area (Å²) in [6, 6.07) is 16.7. The first-order chi connectivity index (χ1) is 14.0. The van der Waals surface area contributed by atoms with Crippen LogP contribution in [0.3, 0.4) is 0 Å². The van der Waals surface area contributed by atoms with Gasteiger partial charge in [-0.05, 0) is 55.5 Å². The molecule has 3 aromatic rings. The molecule has 0 aliphatic heterocycles. The van der Waals surface area contributed by atoms with Crippen molar-refractivity contribution in [3.05, 3.63) is 75.5 Å². The monoisotopic (exact) mass is 408 g/mol. The van der Waals surface area contributed by atoms with E-state index in [2.05, 4.69) is 10.4 Å². The van der Waals surface area contributed by atoms with Crippen LogP contribution in [0.25, 0.3) is 11.3 Å². The zero-order valence-electron chi connectivity index (χ0n) is 15.6. The number of aromatic nitrogens is 2. The van der Waals surface area contributed by atoms with Gasteiger partial charge in [0.1, 0.15) is 18.4 Å². The van der Waals surface area contributed by atoms with Gasteiger partial charge in [-0.2, -0.15) is 10.4 Å². The first-order valence-corrected chi connectivity index (χ1v) is 9.19. The van der Waals surface area contributed by atoms with Gasteiger partial charge >= 0.3 is 0 Å². The van der Waals surface area contributed by atoms with E-state index in [9.17, 15) is 9.59 Å². The van der Waals surface area contributed by atoms with Crippen molar-refractivity contribution in [1.29, 1.82) is 5.26 Å². The van der Waals surface area contributed by atoms with Crippen molar-refractivity contribution in [2.75, 3.05) is 11.9 Å². The summed E-state index contributed by atoms with van der Waals surface area (Å²) in [4.78, 5) is 24.5. The van der Waals surface area contributed by atoms with Gasteiger partial charge in [0, 0.05) is 16.7 Å². The molecular weight excluding hydrogens is 392 g/mol. The molecular formula is C21H17ClN4O3. The van der Waals surface area contributed by atoms with Gasteiger partial charge in [-0.3, -0.25) is 9.59 Å². The summed E-state index contributed by atoms with van der Waals surface area (Å²) in [5.41, 5.74) is 1.46. The number of nitriles is 1. The van der Waals surface area contributed by atoms with E-state index in [4.69, 9.17) is 21.6 Å². The average molecular weight is 409 g/mol. The Bertz CT molecular complexity index is 1130. The molecule has 0 aliphatic rings. The molecule has 1 amide bonds. The summed E-state index contributed by atoms with van der Waals surface area (Å²) in [5, 5.41) is 16.4. The minimum atomic E-state index is -0.498. The first-order valence-electron chi connectivity index (χ1n) is 8.81. The van der Waals surface area contributed by atoms with E-state index in [1.807, 2.05) is 37.3 Å². The van der Waals surface area contributed by atoms with Crippen LogP contribution < -0.4 is 15.6 Å². The lowest BCUT2D eigenvalue weighted by atomic mass is 10.1. The third-order valence-corrected chi connectivity index (χ3v) is 4.23. The molecule has 7 nitrogen and oxygen atoms in total. The van der Waals surface area contributed by atoms with E-state index in [0.717, 1.165) is 16.0 Å². The van der Waals surface area contributed by atoms with E-state index in [-0.39, 0.29) is 17.8 Å².